The van der Waals surface area contributed by atoms with Crippen molar-refractivity contribution in [1.29, 1.82) is 0 Å². The highest BCUT2D eigenvalue weighted by Crippen LogP contribution is 2.31. The fourth-order valence-corrected chi connectivity index (χ4v) is 3.18. The van der Waals surface area contributed by atoms with Crippen LogP contribution in [0, 0.1) is 0 Å². The minimum absolute atomic E-state index is 0.0837. The van der Waals surface area contributed by atoms with Gasteiger partial charge in [0.25, 0.3) is 5.91 Å². The summed E-state index contributed by atoms with van der Waals surface area (Å²) in [4.78, 5) is 12.0. The zero-order chi connectivity index (χ0) is 17.2. The van der Waals surface area contributed by atoms with Crippen LogP contribution in [0.2, 0.25) is 0 Å². The van der Waals surface area contributed by atoms with Crippen LogP contribution in [0.3, 0.4) is 0 Å². The molecule has 1 amide bonds. The molecule has 3 aromatic carbocycles. The normalized spacial score (nSPS) is 10.8. The van der Waals surface area contributed by atoms with Crippen molar-refractivity contribution in [2.45, 2.75) is 0 Å². The molecule has 0 fully saturated rings. The Labute approximate surface area is 146 Å². The van der Waals surface area contributed by atoms with Crippen LogP contribution in [-0.4, -0.2) is 17.5 Å². The van der Waals surface area contributed by atoms with E-state index in [9.17, 15) is 4.79 Å². The van der Waals surface area contributed by atoms with Crippen molar-refractivity contribution < 1.29 is 4.79 Å². The molecule has 0 saturated carbocycles. The van der Waals surface area contributed by atoms with Gasteiger partial charge in [0.05, 0.1) is 11.2 Å². The maximum atomic E-state index is 12.0. The number of nitrogens with one attached hydrogen (secondary N) is 1. The third kappa shape index (κ3) is 2.70. The number of benzene rings is 3. The molecule has 4 aromatic rings. The zero-order valence-electron chi connectivity index (χ0n) is 13.9. The molecule has 0 spiro atoms. The highest BCUT2D eigenvalue weighted by atomic mass is 16.1. The Morgan fingerprint density at radius 2 is 1.60 bits per heavy atom. The Balaban J connectivity index is 1.99. The van der Waals surface area contributed by atoms with E-state index in [4.69, 9.17) is 0 Å². The Morgan fingerprint density at radius 1 is 0.840 bits per heavy atom. The molecule has 0 atom stereocenters. The minimum atomic E-state index is -0.0837. The molecule has 25 heavy (non-hydrogen) atoms. The van der Waals surface area contributed by atoms with Gasteiger partial charge in [0.15, 0.2) is 0 Å². The van der Waals surface area contributed by atoms with Crippen molar-refractivity contribution in [2.75, 3.05) is 7.05 Å². The van der Waals surface area contributed by atoms with E-state index in [0.717, 1.165) is 22.5 Å². The molecule has 1 heterocycles. The summed E-state index contributed by atoms with van der Waals surface area (Å²) < 4.78 is 2.21. The molecule has 0 aliphatic rings. The van der Waals surface area contributed by atoms with Gasteiger partial charge in [0, 0.05) is 23.7 Å². The van der Waals surface area contributed by atoms with E-state index >= 15 is 0 Å². The molecule has 0 unspecified atom stereocenters. The Kier molecular flexibility index (Phi) is 3.82. The average molecular weight is 326 g/mol. The second-order valence-electron chi connectivity index (χ2n) is 5.92. The van der Waals surface area contributed by atoms with Crippen LogP contribution in [0.25, 0.3) is 27.8 Å². The van der Waals surface area contributed by atoms with Crippen molar-refractivity contribution in [3.8, 4) is 16.9 Å². The topological polar surface area (TPSA) is 34.0 Å². The van der Waals surface area contributed by atoms with E-state index in [1.807, 2.05) is 54.6 Å². The molecular weight excluding hydrogens is 308 g/mol. The second kappa shape index (κ2) is 6.29. The van der Waals surface area contributed by atoms with Crippen molar-refractivity contribution in [2.24, 2.45) is 0 Å². The lowest BCUT2D eigenvalue weighted by molar-refractivity contribution is 0.0963. The van der Waals surface area contributed by atoms with Crippen LogP contribution in [0.4, 0.5) is 0 Å². The van der Waals surface area contributed by atoms with Gasteiger partial charge in [-0.3, -0.25) is 4.79 Å². The van der Waals surface area contributed by atoms with Crippen molar-refractivity contribution in [1.82, 2.24) is 9.88 Å². The van der Waals surface area contributed by atoms with Gasteiger partial charge in [-0.2, -0.15) is 0 Å². The summed E-state index contributed by atoms with van der Waals surface area (Å²) in [6.45, 7) is 0. The Bertz CT molecular complexity index is 1050. The first-order chi connectivity index (χ1) is 12.3. The third-order valence-corrected chi connectivity index (χ3v) is 4.37. The molecule has 0 radical (unpaired) electrons. The summed E-state index contributed by atoms with van der Waals surface area (Å²) in [6.07, 6.45) is 0. The minimum Gasteiger partial charge on any atom is -0.355 e. The van der Waals surface area contributed by atoms with E-state index in [1.165, 1.54) is 5.39 Å². The lowest BCUT2D eigenvalue weighted by atomic mass is 10.1. The summed E-state index contributed by atoms with van der Waals surface area (Å²) in [5.41, 5.74) is 4.99. The van der Waals surface area contributed by atoms with Crippen molar-refractivity contribution in [3.63, 3.8) is 0 Å². The van der Waals surface area contributed by atoms with Gasteiger partial charge in [0.1, 0.15) is 0 Å². The molecule has 0 aliphatic carbocycles. The first-order valence-corrected chi connectivity index (χ1v) is 8.26. The monoisotopic (exact) mass is 326 g/mol. The quantitative estimate of drug-likeness (QED) is 0.584. The molecule has 3 nitrogen and oxygen atoms in total. The summed E-state index contributed by atoms with van der Waals surface area (Å²) in [6, 6.07) is 28.5. The van der Waals surface area contributed by atoms with Crippen LogP contribution >= 0.6 is 0 Å². The van der Waals surface area contributed by atoms with E-state index < -0.39 is 0 Å². The number of carbonyl (C=O) groups excluding carboxylic acids is 1. The highest BCUT2D eigenvalue weighted by Gasteiger charge is 2.13. The van der Waals surface area contributed by atoms with Gasteiger partial charge in [-0.25, -0.2) is 0 Å². The zero-order valence-corrected chi connectivity index (χ0v) is 13.9. The van der Waals surface area contributed by atoms with Crippen molar-refractivity contribution in [3.05, 3.63) is 90.5 Å². The number of para-hydroxylation sites is 1. The molecule has 4 rings (SSSR count). The number of carbonyl (C=O) groups is 1. The summed E-state index contributed by atoms with van der Waals surface area (Å²) >= 11 is 0. The summed E-state index contributed by atoms with van der Waals surface area (Å²) in [7, 11) is 1.65. The van der Waals surface area contributed by atoms with Crippen LogP contribution in [0.5, 0.6) is 0 Å². The first-order valence-electron chi connectivity index (χ1n) is 8.26. The van der Waals surface area contributed by atoms with Crippen LogP contribution in [0.15, 0.2) is 84.9 Å². The van der Waals surface area contributed by atoms with E-state index in [2.05, 4.69) is 40.2 Å². The lowest BCUT2D eigenvalue weighted by Gasteiger charge is -2.12. The number of amides is 1. The smallest absolute Gasteiger partial charge is 0.251 e. The maximum absolute atomic E-state index is 12.0. The fraction of sp³-hybridized carbons (Fsp3) is 0.0455. The second-order valence-corrected chi connectivity index (χ2v) is 5.92. The largest absolute Gasteiger partial charge is 0.355 e. The molecule has 0 saturated heterocycles. The number of fused-ring (bicyclic) bond motifs is 1. The summed E-state index contributed by atoms with van der Waals surface area (Å²) in [5, 5.41) is 3.86. The van der Waals surface area contributed by atoms with Gasteiger partial charge in [-0.05, 0) is 35.9 Å². The predicted molar refractivity (Wildman–Crippen MR) is 102 cm³/mol. The van der Waals surface area contributed by atoms with Gasteiger partial charge in [-0.1, -0.05) is 54.6 Å². The number of hydrogen-bond donors (Lipinski definition) is 1. The first kappa shape index (κ1) is 15.2. The van der Waals surface area contributed by atoms with Crippen LogP contribution in [-0.2, 0) is 0 Å². The number of nitrogens with zero attached hydrogens (tertiary/aromatic N) is 1. The van der Waals surface area contributed by atoms with Gasteiger partial charge in [0.2, 0.25) is 0 Å². The van der Waals surface area contributed by atoms with E-state index in [-0.39, 0.29) is 5.91 Å². The molecule has 3 heteroatoms. The van der Waals surface area contributed by atoms with E-state index in [0.29, 0.717) is 5.56 Å². The Hall–Kier alpha value is -3.33. The predicted octanol–water partition coefficient (Wildman–Crippen LogP) is 4.66. The van der Waals surface area contributed by atoms with Gasteiger partial charge < -0.3 is 9.88 Å². The van der Waals surface area contributed by atoms with Crippen LogP contribution in [0.1, 0.15) is 10.4 Å². The number of hydrogen-bond acceptors (Lipinski definition) is 1. The molecule has 0 aliphatic heterocycles. The molecule has 1 aromatic heterocycles. The molecule has 0 bridgehead atoms. The van der Waals surface area contributed by atoms with Gasteiger partial charge >= 0.3 is 0 Å². The standard InChI is InChI=1S/C22H18N2O/c1-23-22(25)18-11-7-12-19(14-18)24-20-13-6-5-10-17(20)15-21(24)16-8-3-2-4-9-16/h2-15H,1H3,(H,23,25). The van der Waals surface area contributed by atoms with Crippen molar-refractivity contribution >= 4 is 16.8 Å². The fourth-order valence-electron chi connectivity index (χ4n) is 3.18. The van der Waals surface area contributed by atoms with Crippen LogP contribution < -0.4 is 5.32 Å². The third-order valence-electron chi connectivity index (χ3n) is 4.37. The van der Waals surface area contributed by atoms with Gasteiger partial charge in [-0.15, -0.1) is 0 Å². The molecular formula is C22H18N2O. The summed E-state index contributed by atoms with van der Waals surface area (Å²) in [5.74, 6) is -0.0837. The number of rotatable bonds is 3. The SMILES string of the molecule is CNC(=O)c1cccc(-n2c(-c3ccccc3)cc3ccccc32)c1. The Morgan fingerprint density at radius 3 is 2.40 bits per heavy atom. The lowest BCUT2D eigenvalue weighted by Crippen LogP contribution is -2.17. The maximum Gasteiger partial charge on any atom is 0.251 e. The van der Waals surface area contributed by atoms with E-state index in [1.54, 1.807) is 7.05 Å². The number of aromatic nitrogens is 1. The average Bonchev–Trinajstić information content (AvgIpc) is 3.07. The molecule has 122 valence electrons. The molecule has 1 N–H and O–H groups in total. The highest BCUT2D eigenvalue weighted by molar-refractivity contribution is 5.95.